The highest BCUT2D eigenvalue weighted by Crippen LogP contribution is 2.28. The van der Waals surface area contributed by atoms with Gasteiger partial charge >= 0.3 is 0 Å². The van der Waals surface area contributed by atoms with Crippen LogP contribution in [0.2, 0.25) is 0 Å². The van der Waals surface area contributed by atoms with E-state index in [-0.39, 0.29) is 5.41 Å². The summed E-state index contributed by atoms with van der Waals surface area (Å²) in [5.74, 6) is 2.25. The summed E-state index contributed by atoms with van der Waals surface area (Å²) in [6, 6.07) is 10.5. The molecule has 4 aromatic rings. The van der Waals surface area contributed by atoms with E-state index in [0.29, 0.717) is 18.1 Å². The molecule has 29 heavy (non-hydrogen) atoms. The topological polar surface area (TPSA) is 60.9 Å². The number of fused-ring (bicyclic) bond motifs is 1. The summed E-state index contributed by atoms with van der Waals surface area (Å²) in [6.45, 7) is 11.2. The van der Waals surface area contributed by atoms with E-state index in [1.165, 1.54) is 5.56 Å². The molecule has 0 atom stereocenters. The third-order valence-corrected chi connectivity index (χ3v) is 5.67. The normalized spacial score (nSPS) is 11.8. The Morgan fingerprint density at radius 1 is 1.14 bits per heavy atom. The van der Waals surface area contributed by atoms with Crippen molar-refractivity contribution in [2.75, 3.05) is 0 Å². The number of nitrogens with zero attached hydrogens (tertiary/aromatic N) is 6. The minimum absolute atomic E-state index is 0.122. The number of thioether (sulfide) groups is 1. The molecule has 0 aliphatic carbocycles. The Bertz CT molecular complexity index is 1100. The standard InChI is InChI=1S/C22H24N6S/c1-5-12-28-19(16-7-9-17(10-8-16)22(2,3)4)25-26-21(28)29-15-18-14-27-13-6-11-23-20(27)24-18/h5-11,13-14H,1,12,15H2,2-4H3. The molecule has 0 aliphatic heterocycles. The molecule has 6 nitrogen and oxygen atoms in total. The highest BCUT2D eigenvalue weighted by molar-refractivity contribution is 7.98. The monoisotopic (exact) mass is 404 g/mol. The zero-order valence-electron chi connectivity index (χ0n) is 16.9. The van der Waals surface area contributed by atoms with Crippen molar-refractivity contribution < 1.29 is 0 Å². The van der Waals surface area contributed by atoms with Crippen molar-refractivity contribution in [1.82, 2.24) is 29.1 Å². The van der Waals surface area contributed by atoms with E-state index in [1.807, 2.05) is 28.9 Å². The Morgan fingerprint density at radius 2 is 1.93 bits per heavy atom. The van der Waals surface area contributed by atoms with Crippen molar-refractivity contribution in [1.29, 1.82) is 0 Å². The van der Waals surface area contributed by atoms with E-state index >= 15 is 0 Å². The highest BCUT2D eigenvalue weighted by atomic mass is 32.2. The van der Waals surface area contributed by atoms with Crippen LogP contribution in [-0.4, -0.2) is 29.1 Å². The molecular weight excluding hydrogens is 380 g/mol. The van der Waals surface area contributed by atoms with Gasteiger partial charge in [0.1, 0.15) is 0 Å². The van der Waals surface area contributed by atoms with Crippen LogP contribution in [0.25, 0.3) is 17.2 Å². The number of benzene rings is 1. The van der Waals surface area contributed by atoms with Crippen LogP contribution in [0.5, 0.6) is 0 Å². The maximum Gasteiger partial charge on any atom is 0.233 e. The number of allylic oxidation sites excluding steroid dienone is 1. The molecule has 0 amide bonds. The predicted molar refractivity (Wildman–Crippen MR) is 117 cm³/mol. The molecule has 0 saturated heterocycles. The Labute approximate surface area is 174 Å². The van der Waals surface area contributed by atoms with Gasteiger partial charge in [-0.1, -0.05) is 62.9 Å². The molecule has 3 heterocycles. The summed E-state index contributed by atoms with van der Waals surface area (Å²) in [7, 11) is 0. The van der Waals surface area contributed by atoms with Gasteiger partial charge in [-0.15, -0.1) is 16.8 Å². The maximum atomic E-state index is 4.55. The van der Waals surface area contributed by atoms with Crippen molar-refractivity contribution in [3.8, 4) is 11.4 Å². The molecule has 0 radical (unpaired) electrons. The van der Waals surface area contributed by atoms with Gasteiger partial charge in [-0.05, 0) is 17.0 Å². The van der Waals surface area contributed by atoms with Gasteiger partial charge in [-0.2, -0.15) is 0 Å². The first kappa shape index (κ1) is 19.4. The summed E-state index contributed by atoms with van der Waals surface area (Å²) < 4.78 is 4.02. The largest absolute Gasteiger partial charge is 0.298 e. The highest BCUT2D eigenvalue weighted by Gasteiger charge is 2.17. The van der Waals surface area contributed by atoms with Gasteiger partial charge in [-0.3, -0.25) is 8.97 Å². The van der Waals surface area contributed by atoms with E-state index < -0.39 is 0 Å². The molecule has 0 aliphatic rings. The van der Waals surface area contributed by atoms with Gasteiger partial charge in [0.25, 0.3) is 0 Å². The van der Waals surface area contributed by atoms with Crippen molar-refractivity contribution in [3.05, 3.63) is 72.8 Å². The number of hydrogen-bond acceptors (Lipinski definition) is 5. The third-order valence-electron chi connectivity index (χ3n) is 4.67. The Hall–Kier alpha value is -2.93. The lowest BCUT2D eigenvalue weighted by atomic mass is 9.87. The quantitative estimate of drug-likeness (QED) is 0.342. The van der Waals surface area contributed by atoms with E-state index in [9.17, 15) is 0 Å². The summed E-state index contributed by atoms with van der Waals surface area (Å²) in [6.07, 6.45) is 7.56. The SMILES string of the molecule is C=CCn1c(SCc2cn3cccnc3n2)nnc1-c1ccc(C(C)(C)C)cc1. The van der Waals surface area contributed by atoms with Crippen LogP contribution in [0.1, 0.15) is 32.0 Å². The van der Waals surface area contributed by atoms with Crippen LogP contribution in [0.3, 0.4) is 0 Å². The van der Waals surface area contributed by atoms with Crippen molar-refractivity contribution >= 4 is 17.5 Å². The molecule has 7 heteroatoms. The summed E-state index contributed by atoms with van der Waals surface area (Å²) in [4.78, 5) is 8.82. The second-order valence-electron chi connectivity index (χ2n) is 7.88. The average molecular weight is 405 g/mol. The number of hydrogen-bond donors (Lipinski definition) is 0. The Kier molecular flexibility index (Phi) is 5.24. The number of imidazole rings is 1. The predicted octanol–water partition coefficient (Wildman–Crippen LogP) is 4.76. The van der Waals surface area contributed by atoms with Gasteiger partial charge in [0.05, 0.1) is 5.69 Å². The van der Waals surface area contributed by atoms with Gasteiger partial charge in [-0.25, -0.2) is 9.97 Å². The van der Waals surface area contributed by atoms with Gasteiger partial charge < -0.3 is 0 Å². The van der Waals surface area contributed by atoms with Crippen molar-refractivity contribution in [2.24, 2.45) is 0 Å². The summed E-state index contributed by atoms with van der Waals surface area (Å²) in [5.41, 5.74) is 3.43. The molecule has 0 fully saturated rings. The Balaban J connectivity index is 1.58. The van der Waals surface area contributed by atoms with Crippen LogP contribution in [0, 0.1) is 0 Å². The van der Waals surface area contributed by atoms with Gasteiger partial charge in [0.2, 0.25) is 5.78 Å². The molecule has 0 saturated carbocycles. The van der Waals surface area contributed by atoms with E-state index in [0.717, 1.165) is 22.2 Å². The first-order valence-corrected chi connectivity index (χ1v) is 10.5. The number of rotatable bonds is 6. The van der Waals surface area contributed by atoms with Crippen LogP contribution in [0.15, 0.2) is 66.7 Å². The Morgan fingerprint density at radius 3 is 2.62 bits per heavy atom. The van der Waals surface area contributed by atoms with Crippen molar-refractivity contribution in [3.63, 3.8) is 0 Å². The van der Waals surface area contributed by atoms with Crippen LogP contribution in [0.4, 0.5) is 0 Å². The molecule has 3 aromatic heterocycles. The summed E-state index contributed by atoms with van der Waals surface area (Å²) in [5, 5.41) is 9.74. The molecule has 0 N–H and O–H groups in total. The fourth-order valence-electron chi connectivity index (χ4n) is 3.11. The lowest BCUT2D eigenvalue weighted by Gasteiger charge is -2.19. The smallest absolute Gasteiger partial charge is 0.233 e. The minimum Gasteiger partial charge on any atom is -0.298 e. The van der Waals surface area contributed by atoms with E-state index in [2.05, 4.69) is 76.3 Å². The van der Waals surface area contributed by atoms with E-state index in [4.69, 9.17) is 0 Å². The molecular formula is C22H24N6S. The number of aromatic nitrogens is 6. The zero-order valence-corrected chi connectivity index (χ0v) is 17.7. The molecule has 0 spiro atoms. The first-order valence-electron chi connectivity index (χ1n) is 9.52. The second kappa shape index (κ2) is 7.83. The first-order chi connectivity index (χ1) is 14.0. The molecule has 0 bridgehead atoms. The minimum atomic E-state index is 0.122. The van der Waals surface area contributed by atoms with Gasteiger partial charge in [0.15, 0.2) is 11.0 Å². The molecule has 0 unspecified atom stereocenters. The lowest BCUT2D eigenvalue weighted by Crippen LogP contribution is -2.10. The maximum absolute atomic E-state index is 4.55. The van der Waals surface area contributed by atoms with Crippen LogP contribution < -0.4 is 0 Å². The fraction of sp³-hybridized carbons (Fsp3) is 0.273. The second-order valence-corrected chi connectivity index (χ2v) is 8.82. The fourth-order valence-corrected chi connectivity index (χ4v) is 3.94. The van der Waals surface area contributed by atoms with E-state index in [1.54, 1.807) is 18.0 Å². The van der Waals surface area contributed by atoms with Gasteiger partial charge in [0, 0.05) is 36.5 Å². The lowest BCUT2D eigenvalue weighted by molar-refractivity contribution is 0.590. The third kappa shape index (κ3) is 4.10. The van der Waals surface area contributed by atoms with Crippen LogP contribution in [-0.2, 0) is 17.7 Å². The zero-order chi connectivity index (χ0) is 20.4. The summed E-state index contributed by atoms with van der Waals surface area (Å²) >= 11 is 1.62. The molecule has 148 valence electrons. The average Bonchev–Trinajstić information content (AvgIpc) is 3.29. The molecule has 4 rings (SSSR count). The van der Waals surface area contributed by atoms with Crippen LogP contribution >= 0.6 is 11.8 Å². The van der Waals surface area contributed by atoms with Crippen molar-refractivity contribution in [2.45, 2.75) is 43.6 Å². The molecule has 1 aromatic carbocycles.